The molecule has 41 heavy (non-hydrogen) atoms. The molecule has 2 unspecified atom stereocenters. The Labute approximate surface area is 244 Å². The Morgan fingerprint density at radius 2 is 0.829 bits per heavy atom. The predicted octanol–water partition coefficient (Wildman–Crippen LogP) is 4.55. The summed E-state index contributed by atoms with van der Waals surface area (Å²) in [4.78, 5) is 34.7. The number of aromatic nitrogens is 1. The van der Waals surface area contributed by atoms with E-state index in [0.717, 1.165) is 44.2 Å². The number of benzene rings is 4. The zero-order chi connectivity index (χ0) is 26.2. The predicted molar refractivity (Wildman–Crippen MR) is 154 cm³/mol. The van der Waals surface area contributed by atoms with Gasteiger partial charge in [0.15, 0.2) is 11.7 Å². The molecule has 0 aliphatic carbocycles. The van der Waals surface area contributed by atoms with Crippen molar-refractivity contribution in [3.8, 4) is 0 Å². The summed E-state index contributed by atoms with van der Waals surface area (Å²) >= 11 is 0. The molecule has 0 saturated carbocycles. The Bertz CT molecular complexity index is 2020. The monoisotopic (exact) mass is 577 g/mol. The summed E-state index contributed by atoms with van der Waals surface area (Å²) in [5.74, 6) is 2.35. The first-order valence-electron chi connectivity index (χ1n) is 13.1. The van der Waals surface area contributed by atoms with Crippen molar-refractivity contribution in [3.05, 3.63) is 147 Å². The molecule has 4 aliphatic heterocycles. The summed E-state index contributed by atoms with van der Waals surface area (Å²) in [6, 6.07) is 32.2. The molecule has 0 amide bonds. The molecule has 1 aromatic heterocycles. The van der Waals surface area contributed by atoms with Crippen molar-refractivity contribution in [3.63, 3.8) is 0 Å². The van der Waals surface area contributed by atoms with Crippen LogP contribution in [-0.4, -0.2) is 23.3 Å². The first kappa shape index (κ1) is 24.0. The number of aliphatic imine (C=N–C) groups is 4. The fraction of sp³-hybridized carbons (Fsp3) is 0.0625. The van der Waals surface area contributed by atoms with Crippen molar-refractivity contribution in [2.45, 2.75) is 12.3 Å². The number of fused-ring (bicyclic) bond motifs is 18. The summed E-state index contributed by atoms with van der Waals surface area (Å²) in [7, 11) is 0. The first-order chi connectivity index (χ1) is 19.8. The van der Waals surface area contributed by atoms with Crippen LogP contribution in [-0.2, 0) is 17.1 Å². The van der Waals surface area contributed by atoms with Crippen molar-refractivity contribution < 1.29 is 17.1 Å². The topological polar surface area (TPSA) is 102 Å². The maximum Gasteiger partial charge on any atom is 2.00 e. The van der Waals surface area contributed by atoms with Crippen molar-refractivity contribution in [2.75, 3.05) is 0 Å². The molecule has 1 radical (unpaired) electrons. The second-order valence-electron chi connectivity index (χ2n) is 9.92. The van der Waals surface area contributed by atoms with Gasteiger partial charge in [-0.05, 0) is 34.2 Å². The molecule has 2 atom stereocenters. The number of hydrogen-bond acceptors (Lipinski definition) is 6. The fourth-order valence-electron chi connectivity index (χ4n) is 5.73. The van der Waals surface area contributed by atoms with E-state index < -0.39 is 12.3 Å². The molecule has 197 valence electrons. The van der Waals surface area contributed by atoms with Crippen LogP contribution in [0.3, 0.4) is 0 Å². The Hall–Kier alpha value is -4.82. The van der Waals surface area contributed by atoms with Gasteiger partial charge in [-0.1, -0.05) is 97.1 Å². The molecular formula is C32H18CuN8. The minimum atomic E-state index is -0.445. The molecule has 9 heteroatoms. The molecule has 0 saturated heterocycles. The Morgan fingerprint density at radius 1 is 0.439 bits per heavy atom. The van der Waals surface area contributed by atoms with E-state index >= 15 is 0 Å². The van der Waals surface area contributed by atoms with Gasteiger partial charge in [0.05, 0.1) is 11.7 Å². The van der Waals surface area contributed by atoms with E-state index in [4.69, 9.17) is 40.3 Å². The van der Waals surface area contributed by atoms with Crippen LogP contribution >= 0.6 is 0 Å². The minimum Gasteiger partial charge on any atom is -0.611 e. The zero-order valence-electron chi connectivity index (χ0n) is 21.3. The van der Waals surface area contributed by atoms with Gasteiger partial charge in [0, 0.05) is 33.2 Å². The van der Waals surface area contributed by atoms with E-state index in [1.165, 1.54) is 0 Å². The third-order valence-electron chi connectivity index (χ3n) is 7.61. The van der Waals surface area contributed by atoms with E-state index in [1.807, 2.05) is 84.9 Å². The van der Waals surface area contributed by atoms with E-state index in [0.29, 0.717) is 34.3 Å². The molecule has 4 aliphatic rings. The van der Waals surface area contributed by atoms with Gasteiger partial charge in [-0.15, -0.1) is 0 Å². The summed E-state index contributed by atoms with van der Waals surface area (Å²) in [6.45, 7) is 0. The quantitative estimate of drug-likeness (QED) is 0.248. The molecule has 0 N–H and O–H groups in total. The van der Waals surface area contributed by atoms with Gasteiger partial charge in [-0.3, -0.25) is 9.98 Å². The second-order valence-corrected chi connectivity index (χ2v) is 9.92. The van der Waals surface area contributed by atoms with Crippen molar-refractivity contribution >= 4 is 34.1 Å². The van der Waals surface area contributed by atoms with E-state index in [-0.39, 0.29) is 17.1 Å². The minimum absolute atomic E-state index is 0. The van der Waals surface area contributed by atoms with Gasteiger partial charge in [0.25, 0.3) is 0 Å². The molecule has 5 heterocycles. The van der Waals surface area contributed by atoms with Crippen LogP contribution in [0.15, 0.2) is 127 Å². The number of nitrogens with zero attached hydrogens (tertiary/aromatic N) is 8. The first-order valence-corrected chi connectivity index (χ1v) is 13.1. The summed E-state index contributed by atoms with van der Waals surface area (Å²) in [6.07, 6.45) is -0.891. The Kier molecular flexibility index (Phi) is 5.33. The molecule has 0 spiro atoms. The average molecular weight is 578 g/mol. The van der Waals surface area contributed by atoms with Crippen LogP contribution in [0, 0.1) is 0 Å². The Balaban J connectivity index is 0.00000256. The standard InChI is InChI=1S/C32H18N8.Cu/c1-2-10-18-17(9-1)25-33-26(18)38-28-21-13-5-6-14-22(21)30(35-28)40-32-24-16-8-7-15-23(24)31(36-32)39-29-20-12-4-3-11-19(20)27(34-29)37-25;/h1-16,25-26H;/q-2;+2. The zero-order valence-corrected chi connectivity index (χ0v) is 22.2. The molecule has 4 aromatic carbocycles. The molecular weight excluding hydrogens is 560 g/mol. The average Bonchev–Trinajstić information content (AvgIpc) is 3.73. The van der Waals surface area contributed by atoms with Gasteiger partial charge in [-0.25, -0.2) is 9.98 Å². The third kappa shape index (κ3) is 3.64. The van der Waals surface area contributed by atoms with E-state index in [9.17, 15) is 0 Å². The van der Waals surface area contributed by atoms with Crippen LogP contribution in [0.4, 0.5) is 0 Å². The summed E-state index contributed by atoms with van der Waals surface area (Å²) in [5.41, 5.74) is 6.83. The van der Waals surface area contributed by atoms with E-state index in [1.54, 1.807) is 0 Å². The van der Waals surface area contributed by atoms with Crippen molar-refractivity contribution in [1.29, 1.82) is 0 Å². The molecule has 9 rings (SSSR count). The fourth-order valence-corrected chi connectivity index (χ4v) is 5.73. The maximum atomic E-state index is 5.05. The van der Waals surface area contributed by atoms with Crippen LogP contribution in [0.2, 0.25) is 0 Å². The SMILES string of the molecule is [Cu+2].c1ccc2c(c1)C1=N/C2=N\C2[N-]C(/N=C3\N=C(N=c4[n-]c(c5ccccc45)=N1)c1ccccc13)c1ccccc12. The van der Waals surface area contributed by atoms with Crippen LogP contribution < -0.4 is 16.0 Å². The molecule has 0 fully saturated rings. The second kappa shape index (κ2) is 9.11. The van der Waals surface area contributed by atoms with E-state index in [2.05, 4.69) is 12.1 Å². The normalized spacial score (nSPS) is 22.0. The molecule has 8 bridgehead atoms. The van der Waals surface area contributed by atoms with Gasteiger partial charge < -0.3 is 20.3 Å². The number of amidine groups is 4. The van der Waals surface area contributed by atoms with Crippen LogP contribution in [0.25, 0.3) is 16.1 Å². The van der Waals surface area contributed by atoms with Gasteiger partial charge in [-0.2, -0.15) is 0 Å². The largest absolute Gasteiger partial charge is 2.00 e. The summed E-state index contributed by atoms with van der Waals surface area (Å²) in [5, 5.41) is 6.84. The van der Waals surface area contributed by atoms with Gasteiger partial charge in [0.2, 0.25) is 0 Å². The van der Waals surface area contributed by atoms with Gasteiger partial charge >= 0.3 is 17.1 Å². The van der Waals surface area contributed by atoms with Crippen molar-refractivity contribution in [1.82, 2.24) is 4.98 Å². The van der Waals surface area contributed by atoms with Crippen LogP contribution in [0.1, 0.15) is 45.7 Å². The third-order valence-corrected chi connectivity index (χ3v) is 7.61. The molecule has 8 nitrogen and oxygen atoms in total. The van der Waals surface area contributed by atoms with Crippen LogP contribution in [0.5, 0.6) is 0 Å². The summed E-state index contributed by atoms with van der Waals surface area (Å²) < 4.78 is 0. The Morgan fingerprint density at radius 3 is 1.29 bits per heavy atom. The molecule has 5 aromatic rings. The van der Waals surface area contributed by atoms with Crippen molar-refractivity contribution in [2.24, 2.45) is 30.0 Å². The van der Waals surface area contributed by atoms with Gasteiger partial charge in [0.1, 0.15) is 0 Å². The number of hydrogen-bond donors (Lipinski definition) is 0. The number of rotatable bonds is 0. The smallest absolute Gasteiger partial charge is 0.611 e. The maximum absolute atomic E-state index is 5.05.